The minimum atomic E-state index is -4.37. The van der Waals surface area contributed by atoms with Crippen LogP contribution in [0.1, 0.15) is 24.5 Å². The van der Waals surface area contributed by atoms with Crippen LogP contribution in [-0.4, -0.2) is 38.6 Å². The molecule has 0 aliphatic rings. The molecule has 0 radical (unpaired) electrons. The van der Waals surface area contributed by atoms with Gasteiger partial charge in [0, 0.05) is 31.9 Å². The van der Waals surface area contributed by atoms with Gasteiger partial charge in [-0.05, 0) is 38.2 Å². The fourth-order valence-electron chi connectivity index (χ4n) is 2.16. The van der Waals surface area contributed by atoms with Crippen molar-refractivity contribution in [1.29, 1.82) is 0 Å². The number of anilines is 1. The lowest BCUT2D eigenvalue weighted by molar-refractivity contribution is -0.138. The van der Waals surface area contributed by atoms with E-state index in [1.807, 2.05) is 30.8 Å². The molecule has 1 aromatic rings. The molecule has 120 valence electrons. The van der Waals surface area contributed by atoms with Gasteiger partial charge in [-0.25, -0.2) is 0 Å². The third kappa shape index (κ3) is 5.21. The lowest BCUT2D eigenvalue weighted by Crippen LogP contribution is -2.32. The molecule has 1 rings (SSSR count). The second-order valence-electron chi connectivity index (χ2n) is 5.33. The summed E-state index contributed by atoms with van der Waals surface area (Å²) in [5.74, 6) is 0. The molecule has 0 saturated heterocycles. The summed E-state index contributed by atoms with van der Waals surface area (Å²) in [5, 5.41) is 0. The first-order valence-corrected chi connectivity index (χ1v) is 7.09. The van der Waals surface area contributed by atoms with Crippen molar-refractivity contribution in [2.45, 2.75) is 26.1 Å². The Hall–Kier alpha value is -1.27. The second-order valence-corrected chi connectivity index (χ2v) is 5.33. The van der Waals surface area contributed by atoms with Crippen LogP contribution >= 0.6 is 0 Å². The summed E-state index contributed by atoms with van der Waals surface area (Å²) in [7, 11) is 3.89. The summed E-state index contributed by atoms with van der Waals surface area (Å²) in [6.07, 6.45) is -3.49. The molecule has 0 bridgehead atoms. The van der Waals surface area contributed by atoms with Gasteiger partial charge in [0.2, 0.25) is 0 Å². The van der Waals surface area contributed by atoms with Crippen molar-refractivity contribution in [3.63, 3.8) is 0 Å². The van der Waals surface area contributed by atoms with Crippen molar-refractivity contribution in [2.24, 2.45) is 5.73 Å². The summed E-state index contributed by atoms with van der Waals surface area (Å²) >= 11 is 0. The Balaban J connectivity index is 3.08. The number of hydrogen-bond acceptors (Lipinski definition) is 3. The summed E-state index contributed by atoms with van der Waals surface area (Å²) in [5.41, 5.74) is 5.51. The maximum absolute atomic E-state index is 13.1. The first-order chi connectivity index (χ1) is 9.79. The van der Waals surface area contributed by atoms with Crippen molar-refractivity contribution in [1.82, 2.24) is 4.90 Å². The van der Waals surface area contributed by atoms with Crippen LogP contribution < -0.4 is 10.6 Å². The largest absolute Gasteiger partial charge is 0.416 e. The molecular formula is C15H24F3N3. The SMILES string of the molecule is CCCN(CCN(C)C)c1ccc(CN)c(C(F)(F)F)c1. The van der Waals surface area contributed by atoms with Crippen molar-refractivity contribution >= 4 is 5.69 Å². The van der Waals surface area contributed by atoms with E-state index in [0.717, 1.165) is 19.5 Å². The summed E-state index contributed by atoms with van der Waals surface area (Å²) in [6, 6.07) is 4.42. The summed E-state index contributed by atoms with van der Waals surface area (Å²) in [6.45, 7) is 4.12. The summed E-state index contributed by atoms with van der Waals surface area (Å²) < 4.78 is 39.3. The summed E-state index contributed by atoms with van der Waals surface area (Å²) in [4.78, 5) is 4.00. The van der Waals surface area contributed by atoms with E-state index in [1.54, 1.807) is 6.07 Å². The molecule has 21 heavy (non-hydrogen) atoms. The minimum Gasteiger partial charge on any atom is -0.370 e. The molecule has 0 aromatic heterocycles. The Morgan fingerprint density at radius 3 is 2.24 bits per heavy atom. The Bertz CT molecular complexity index is 444. The second kappa shape index (κ2) is 7.66. The number of nitrogens with two attached hydrogens (primary N) is 1. The highest BCUT2D eigenvalue weighted by atomic mass is 19.4. The fraction of sp³-hybridized carbons (Fsp3) is 0.600. The molecule has 0 unspecified atom stereocenters. The highest BCUT2D eigenvalue weighted by molar-refractivity contribution is 5.52. The third-order valence-corrected chi connectivity index (χ3v) is 3.29. The van der Waals surface area contributed by atoms with Crippen LogP contribution in [0.4, 0.5) is 18.9 Å². The van der Waals surface area contributed by atoms with E-state index < -0.39 is 11.7 Å². The van der Waals surface area contributed by atoms with Crippen molar-refractivity contribution < 1.29 is 13.2 Å². The van der Waals surface area contributed by atoms with Gasteiger partial charge in [-0.1, -0.05) is 13.0 Å². The first kappa shape index (κ1) is 17.8. The Morgan fingerprint density at radius 2 is 1.76 bits per heavy atom. The number of alkyl halides is 3. The van der Waals surface area contributed by atoms with Crippen LogP contribution in [0.5, 0.6) is 0 Å². The number of hydrogen-bond donors (Lipinski definition) is 1. The van der Waals surface area contributed by atoms with E-state index in [2.05, 4.69) is 0 Å². The molecule has 6 heteroatoms. The van der Waals surface area contributed by atoms with Crippen molar-refractivity contribution in [3.05, 3.63) is 29.3 Å². The predicted molar refractivity (Wildman–Crippen MR) is 80.4 cm³/mol. The van der Waals surface area contributed by atoms with E-state index in [4.69, 9.17) is 5.73 Å². The fourth-order valence-corrected chi connectivity index (χ4v) is 2.16. The molecule has 0 atom stereocenters. The average Bonchev–Trinajstić information content (AvgIpc) is 2.41. The predicted octanol–water partition coefficient (Wildman–Crippen LogP) is 2.94. The van der Waals surface area contributed by atoms with Crippen molar-refractivity contribution in [2.75, 3.05) is 38.6 Å². The number of nitrogens with zero attached hydrogens (tertiary/aromatic N) is 2. The average molecular weight is 303 g/mol. The lowest BCUT2D eigenvalue weighted by Gasteiger charge is -2.27. The molecular weight excluding hydrogens is 279 g/mol. The third-order valence-electron chi connectivity index (χ3n) is 3.29. The van der Waals surface area contributed by atoms with Crippen LogP contribution in [0, 0.1) is 0 Å². The van der Waals surface area contributed by atoms with E-state index in [9.17, 15) is 13.2 Å². The molecule has 3 nitrogen and oxygen atoms in total. The smallest absolute Gasteiger partial charge is 0.370 e. The standard InChI is InChI=1S/C15H24F3N3/c1-4-7-21(9-8-20(2)3)13-6-5-12(11-19)14(10-13)15(16,17)18/h5-6,10H,4,7-9,11,19H2,1-3H3. The highest BCUT2D eigenvalue weighted by Gasteiger charge is 2.33. The number of likely N-dealkylation sites (N-methyl/N-ethyl adjacent to an activating group) is 1. The maximum atomic E-state index is 13.1. The van der Waals surface area contributed by atoms with E-state index in [0.29, 0.717) is 12.2 Å². The zero-order valence-corrected chi connectivity index (χ0v) is 12.9. The van der Waals surface area contributed by atoms with Crippen LogP contribution in [0.2, 0.25) is 0 Å². The quantitative estimate of drug-likeness (QED) is 0.840. The van der Waals surface area contributed by atoms with Crippen LogP contribution in [0.3, 0.4) is 0 Å². The van der Waals surface area contributed by atoms with Gasteiger partial charge >= 0.3 is 6.18 Å². The lowest BCUT2D eigenvalue weighted by atomic mass is 10.1. The van der Waals surface area contributed by atoms with Crippen LogP contribution in [0.15, 0.2) is 18.2 Å². The maximum Gasteiger partial charge on any atom is 0.416 e. The van der Waals surface area contributed by atoms with Crippen molar-refractivity contribution in [3.8, 4) is 0 Å². The van der Waals surface area contributed by atoms with Gasteiger partial charge in [-0.15, -0.1) is 0 Å². The molecule has 0 amide bonds. The monoisotopic (exact) mass is 303 g/mol. The molecule has 1 aromatic carbocycles. The molecule has 0 spiro atoms. The molecule has 0 saturated carbocycles. The Labute approximate surface area is 124 Å². The van der Waals surface area contributed by atoms with E-state index >= 15 is 0 Å². The normalized spacial score (nSPS) is 12.0. The van der Waals surface area contributed by atoms with Gasteiger partial charge in [0.05, 0.1) is 5.56 Å². The molecule has 2 N–H and O–H groups in total. The van der Waals surface area contributed by atoms with Gasteiger partial charge in [0.1, 0.15) is 0 Å². The molecule has 0 fully saturated rings. The number of rotatable bonds is 7. The van der Waals surface area contributed by atoms with E-state index in [1.165, 1.54) is 12.1 Å². The minimum absolute atomic E-state index is 0.111. The molecule has 0 aliphatic carbocycles. The topological polar surface area (TPSA) is 32.5 Å². The van der Waals surface area contributed by atoms with E-state index in [-0.39, 0.29) is 12.1 Å². The first-order valence-electron chi connectivity index (χ1n) is 7.09. The highest BCUT2D eigenvalue weighted by Crippen LogP contribution is 2.34. The van der Waals surface area contributed by atoms with Gasteiger partial charge in [0.15, 0.2) is 0 Å². The Kier molecular flexibility index (Phi) is 6.48. The molecule has 0 heterocycles. The number of halogens is 3. The zero-order valence-electron chi connectivity index (χ0n) is 12.9. The van der Waals surface area contributed by atoms with Crippen LogP contribution in [-0.2, 0) is 12.7 Å². The van der Waals surface area contributed by atoms with Crippen LogP contribution in [0.25, 0.3) is 0 Å². The number of benzene rings is 1. The van der Waals surface area contributed by atoms with Gasteiger partial charge < -0.3 is 15.5 Å². The molecule has 0 aliphatic heterocycles. The van der Waals surface area contributed by atoms with Gasteiger partial charge in [-0.2, -0.15) is 13.2 Å². The van der Waals surface area contributed by atoms with Gasteiger partial charge in [0.25, 0.3) is 0 Å². The van der Waals surface area contributed by atoms with Gasteiger partial charge in [-0.3, -0.25) is 0 Å². The zero-order chi connectivity index (χ0) is 16.0. The Morgan fingerprint density at radius 1 is 1.10 bits per heavy atom.